The lowest BCUT2D eigenvalue weighted by atomic mass is 9.94. The van der Waals surface area contributed by atoms with Crippen molar-refractivity contribution in [2.24, 2.45) is 5.92 Å². The monoisotopic (exact) mass is 676 g/mol. The normalized spacial score (nSPS) is 12.1. The van der Waals surface area contributed by atoms with Crippen molar-refractivity contribution in [1.29, 1.82) is 0 Å². The first-order chi connectivity index (χ1) is 24.4. The summed E-state index contributed by atoms with van der Waals surface area (Å²) in [4.78, 5) is 42.8. The van der Waals surface area contributed by atoms with Crippen LogP contribution in [0.1, 0.15) is 41.5 Å². The minimum Gasteiger partial charge on any atom is -0.497 e. The number of amides is 3. The van der Waals surface area contributed by atoms with Crippen LogP contribution >= 0.6 is 0 Å². The van der Waals surface area contributed by atoms with Gasteiger partial charge in [0.2, 0.25) is 17.7 Å². The van der Waals surface area contributed by atoms with Gasteiger partial charge in [0, 0.05) is 42.4 Å². The molecule has 0 bridgehead atoms. The van der Waals surface area contributed by atoms with E-state index in [4.69, 9.17) is 9.47 Å². The summed E-state index contributed by atoms with van der Waals surface area (Å²) in [5, 5.41) is 16.1. The maximum absolute atomic E-state index is 13.7. The van der Waals surface area contributed by atoms with Gasteiger partial charge in [-0.2, -0.15) is 0 Å². The molecule has 0 aliphatic rings. The summed E-state index contributed by atoms with van der Waals surface area (Å²) in [6, 6.07) is 32.3. The second kappa shape index (κ2) is 18.2. The standard InChI is InChI=1S/C40H44N4O6/c1-49-33-18-14-28(15-19-33)10-7-11-31(25-38(45)44-48)39(46)43-37(24-32-26-42-36-13-6-5-12-35(32)36)40(47)41-23-22-29-16-20-34(21-17-29)50-27-30-8-3-2-4-9-30/h2-6,8-9,12-21,26,31,37,42,48H,7,10-11,22-25,27H2,1H3,(H,41,47)(H,43,46)(H,44,45)/t31-,37+/m0/s1. The van der Waals surface area contributed by atoms with Gasteiger partial charge in [0.05, 0.1) is 7.11 Å². The lowest BCUT2D eigenvalue weighted by Gasteiger charge is -2.22. The molecule has 0 radical (unpaired) electrons. The Morgan fingerprint density at radius 1 is 0.780 bits per heavy atom. The molecule has 10 nitrogen and oxygen atoms in total. The van der Waals surface area contributed by atoms with Crippen molar-refractivity contribution in [3.8, 4) is 11.5 Å². The SMILES string of the molecule is COc1ccc(CCC[C@@H](CC(=O)NO)C(=O)N[C@H](Cc2c[nH]c3ccccc23)C(=O)NCCc2ccc(OCc3ccccc3)cc2)cc1. The minimum atomic E-state index is -0.892. The summed E-state index contributed by atoms with van der Waals surface area (Å²) in [7, 11) is 1.61. The highest BCUT2D eigenvalue weighted by Gasteiger charge is 2.28. The van der Waals surface area contributed by atoms with Crippen molar-refractivity contribution >= 4 is 28.6 Å². The number of para-hydroxylation sites is 1. The number of hydrogen-bond donors (Lipinski definition) is 5. The van der Waals surface area contributed by atoms with Crippen LogP contribution < -0.4 is 25.6 Å². The van der Waals surface area contributed by atoms with E-state index in [2.05, 4.69) is 15.6 Å². The molecule has 5 aromatic rings. The molecule has 0 unspecified atom stereocenters. The molecule has 10 heteroatoms. The number of nitrogens with one attached hydrogen (secondary N) is 4. The molecule has 2 atom stereocenters. The van der Waals surface area contributed by atoms with Crippen LogP contribution in [-0.2, 0) is 40.3 Å². The van der Waals surface area contributed by atoms with E-state index < -0.39 is 23.8 Å². The lowest BCUT2D eigenvalue weighted by Crippen LogP contribution is -2.50. The number of aromatic amines is 1. The third-order valence-electron chi connectivity index (χ3n) is 8.72. The number of aromatic nitrogens is 1. The van der Waals surface area contributed by atoms with Gasteiger partial charge < -0.3 is 25.1 Å². The highest BCUT2D eigenvalue weighted by atomic mass is 16.5. The molecule has 1 aromatic heterocycles. The summed E-state index contributed by atoms with van der Waals surface area (Å²) < 4.78 is 11.1. The zero-order chi connectivity index (χ0) is 35.1. The largest absolute Gasteiger partial charge is 0.497 e. The van der Waals surface area contributed by atoms with Crippen molar-refractivity contribution in [3.63, 3.8) is 0 Å². The summed E-state index contributed by atoms with van der Waals surface area (Å²) in [6.45, 7) is 0.843. The zero-order valence-corrected chi connectivity index (χ0v) is 28.2. The summed E-state index contributed by atoms with van der Waals surface area (Å²) in [6.07, 6.45) is 4.18. The molecule has 4 aromatic carbocycles. The average Bonchev–Trinajstić information content (AvgIpc) is 3.56. The lowest BCUT2D eigenvalue weighted by molar-refractivity contribution is -0.136. The number of methoxy groups -OCH3 is 1. The first kappa shape index (κ1) is 35.7. The summed E-state index contributed by atoms with van der Waals surface area (Å²) in [5.74, 6) is -0.641. The highest BCUT2D eigenvalue weighted by Crippen LogP contribution is 2.21. The van der Waals surface area contributed by atoms with Gasteiger partial charge in [-0.3, -0.25) is 19.6 Å². The van der Waals surface area contributed by atoms with Crippen LogP contribution in [0.3, 0.4) is 0 Å². The molecular formula is C40H44N4O6. The minimum absolute atomic E-state index is 0.211. The van der Waals surface area contributed by atoms with Gasteiger partial charge in [0.1, 0.15) is 24.1 Å². The molecule has 0 aliphatic carbocycles. The number of H-pyrrole nitrogens is 1. The number of hydroxylamine groups is 1. The molecule has 50 heavy (non-hydrogen) atoms. The third-order valence-corrected chi connectivity index (χ3v) is 8.72. The molecule has 5 rings (SSSR count). The maximum Gasteiger partial charge on any atom is 0.244 e. The Hall–Kier alpha value is -5.61. The Balaban J connectivity index is 1.21. The first-order valence-electron chi connectivity index (χ1n) is 16.9. The molecule has 260 valence electrons. The van der Waals surface area contributed by atoms with Crippen LogP contribution in [0.2, 0.25) is 0 Å². The topological polar surface area (TPSA) is 142 Å². The maximum atomic E-state index is 13.7. The van der Waals surface area contributed by atoms with Gasteiger partial charge in [-0.05, 0) is 78.3 Å². The van der Waals surface area contributed by atoms with Crippen LogP contribution in [0.5, 0.6) is 11.5 Å². The predicted octanol–water partition coefficient (Wildman–Crippen LogP) is 5.68. The molecule has 3 amide bonds. The van der Waals surface area contributed by atoms with E-state index in [0.717, 1.165) is 44.7 Å². The molecule has 5 N–H and O–H groups in total. The number of carbonyl (C=O) groups excluding carboxylic acids is 3. The summed E-state index contributed by atoms with van der Waals surface area (Å²) in [5.41, 5.74) is 6.65. The average molecular weight is 677 g/mol. The van der Waals surface area contributed by atoms with E-state index >= 15 is 0 Å². The van der Waals surface area contributed by atoms with Crippen molar-refractivity contribution in [1.82, 2.24) is 21.1 Å². The molecule has 0 aliphatic heterocycles. The van der Waals surface area contributed by atoms with E-state index in [0.29, 0.717) is 38.8 Å². The fraction of sp³-hybridized carbons (Fsp3) is 0.275. The third kappa shape index (κ3) is 10.4. The molecule has 1 heterocycles. The van der Waals surface area contributed by atoms with E-state index in [1.54, 1.807) is 12.6 Å². The number of hydrogen-bond acceptors (Lipinski definition) is 6. The smallest absolute Gasteiger partial charge is 0.244 e. The van der Waals surface area contributed by atoms with Gasteiger partial charge in [0.15, 0.2) is 0 Å². The Morgan fingerprint density at radius 3 is 2.18 bits per heavy atom. The summed E-state index contributed by atoms with van der Waals surface area (Å²) >= 11 is 0. The second-order valence-corrected chi connectivity index (χ2v) is 12.3. The van der Waals surface area contributed by atoms with Crippen LogP contribution in [0.4, 0.5) is 0 Å². The molecule has 0 fully saturated rings. The number of aryl methyl sites for hydroxylation is 1. The van der Waals surface area contributed by atoms with E-state index in [-0.39, 0.29) is 18.7 Å². The molecule has 0 spiro atoms. The van der Waals surface area contributed by atoms with Gasteiger partial charge in [-0.15, -0.1) is 0 Å². The van der Waals surface area contributed by atoms with Crippen molar-refractivity contribution in [2.45, 2.75) is 51.2 Å². The van der Waals surface area contributed by atoms with Crippen LogP contribution in [0, 0.1) is 5.92 Å². The number of ether oxygens (including phenoxy) is 2. The fourth-order valence-electron chi connectivity index (χ4n) is 5.91. The van der Waals surface area contributed by atoms with Gasteiger partial charge in [-0.1, -0.05) is 72.8 Å². The van der Waals surface area contributed by atoms with Gasteiger partial charge in [0.25, 0.3) is 0 Å². The quantitative estimate of drug-likeness (QED) is 0.0598. The Morgan fingerprint density at radius 2 is 1.46 bits per heavy atom. The highest BCUT2D eigenvalue weighted by molar-refractivity contribution is 5.91. The number of benzene rings is 4. The van der Waals surface area contributed by atoms with E-state index in [9.17, 15) is 19.6 Å². The number of fused-ring (bicyclic) bond motifs is 1. The second-order valence-electron chi connectivity index (χ2n) is 12.3. The Kier molecular flexibility index (Phi) is 13.0. The number of rotatable bonds is 18. The van der Waals surface area contributed by atoms with Crippen molar-refractivity contribution in [3.05, 3.63) is 132 Å². The van der Waals surface area contributed by atoms with Crippen LogP contribution in [-0.4, -0.2) is 47.6 Å². The first-order valence-corrected chi connectivity index (χ1v) is 16.9. The molecule has 0 saturated carbocycles. The van der Waals surface area contributed by atoms with Crippen LogP contribution in [0.15, 0.2) is 109 Å². The van der Waals surface area contributed by atoms with Crippen molar-refractivity contribution < 1.29 is 29.1 Å². The van der Waals surface area contributed by atoms with E-state index in [1.807, 2.05) is 109 Å². The zero-order valence-electron chi connectivity index (χ0n) is 28.2. The molecular weight excluding hydrogens is 632 g/mol. The fourth-order valence-corrected chi connectivity index (χ4v) is 5.91. The predicted molar refractivity (Wildman–Crippen MR) is 192 cm³/mol. The van der Waals surface area contributed by atoms with E-state index in [1.165, 1.54) is 0 Å². The molecule has 0 saturated heterocycles. The van der Waals surface area contributed by atoms with Crippen molar-refractivity contribution in [2.75, 3.05) is 13.7 Å². The Bertz CT molecular complexity index is 1820. The number of carbonyl (C=O) groups is 3. The van der Waals surface area contributed by atoms with Gasteiger partial charge >= 0.3 is 0 Å². The van der Waals surface area contributed by atoms with Crippen LogP contribution in [0.25, 0.3) is 10.9 Å². The van der Waals surface area contributed by atoms with Gasteiger partial charge in [-0.25, -0.2) is 5.48 Å². The Labute approximate surface area is 292 Å².